The Labute approximate surface area is 115 Å². The maximum Gasteiger partial charge on any atom is 0.106 e. The van der Waals surface area contributed by atoms with Crippen molar-refractivity contribution in [2.75, 3.05) is 38.6 Å². The molecule has 1 aliphatic heterocycles. The molecular formula is C14H21N3S. The van der Waals surface area contributed by atoms with Gasteiger partial charge in [-0.05, 0) is 38.1 Å². The van der Waals surface area contributed by atoms with E-state index in [4.69, 9.17) is 18.0 Å². The average Bonchev–Trinajstić information content (AvgIpc) is 2.74. The Hall–Kier alpha value is -1.13. The van der Waals surface area contributed by atoms with Crippen LogP contribution in [0.2, 0.25) is 0 Å². The van der Waals surface area contributed by atoms with E-state index in [2.05, 4.69) is 30.0 Å². The van der Waals surface area contributed by atoms with Crippen LogP contribution in [-0.2, 0) is 0 Å². The SMILES string of the molecule is CN1CCC(CN(C)c2ccccc2C(N)=S)C1. The number of anilines is 1. The third-order valence-electron chi connectivity index (χ3n) is 3.60. The lowest BCUT2D eigenvalue weighted by atomic mass is 10.1. The molecular weight excluding hydrogens is 242 g/mol. The molecule has 0 aliphatic carbocycles. The van der Waals surface area contributed by atoms with Gasteiger partial charge in [-0.1, -0.05) is 24.4 Å². The Kier molecular flexibility index (Phi) is 4.19. The standard InChI is InChI=1S/C14H21N3S/c1-16-8-7-11(9-16)10-17(2)13-6-4-3-5-12(13)14(15)18/h3-6,11H,7-10H2,1-2H3,(H2,15,18). The molecule has 3 nitrogen and oxygen atoms in total. The van der Waals surface area contributed by atoms with E-state index in [1.807, 2.05) is 18.2 Å². The van der Waals surface area contributed by atoms with E-state index in [-0.39, 0.29) is 0 Å². The summed E-state index contributed by atoms with van der Waals surface area (Å²) in [6.45, 7) is 3.44. The van der Waals surface area contributed by atoms with Crippen molar-refractivity contribution in [1.29, 1.82) is 0 Å². The van der Waals surface area contributed by atoms with Crippen molar-refractivity contribution in [2.24, 2.45) is 11.7 Å². The highest BCUT2D eigenvalue weighted by molar-refractivity contribution is 7.80. The molecule has 98 valence electrons. The first-order valence-electron chi connectivity index (χ1n) is 6.36. The maximum absolute atomic E-state index is 5.78. The van der Waals surface area contributed by atoms with Crippen LogP contribution >= 0.6 is 12.2 Å². The molecule has 1 aromatic rings. The van der Waals surface area contributed by atoms with E-state index in [9.17, 15) is 0 Å². The number of benzene rings is 1. The molecule has 2 N–H and O–H groups in total. The van der Waals surface area contributed by atoms with Gasteiger partial charge >= 0.3 is 0 Å². The third kappa shape index (κ3) is 3.00. The van der Waals surface area contributed by atoms with Crippen LogP contribution in [0, 0.1) is 5.92 Å². The van der Waals surface area contributed by atoms with Crippen molar-refractivity contribution in [3.8, 4) is 0 Å². The first-order valence-corrected chi connectivity index (χ1v) is 6.77. The van der Waals surface area contributed by atoms with Gasteiger partial charge in [0.15, 0.2) is 0 Å². The van der Waals surface area contributed by atoms with Gasteiger partial charge in [0.2, 0.25) is 0 Å². The van der Waals surface area contributed by atoms with Gasteiger partial charge in [-0.25, -0.2) is 0 Å². The molecule has 1 heterocycles. The molecule has 0 radical (unpaired) electrons. The lowest BCUT2D eigenvalue weighted by molar-refractivity contribution is 0.396. The van der Waals surface area contributed by atoms with E-state index >= 15 is 0 Å². The monoisotopic (exact) mass is 263 g/mol. The second-order valence-electron chi connectivity index (χ2n) is 5.18. The summed E-state index contributed by atoms with van der Waals surface area (Å²) in [6.07, 6.45) is 1.27. The van der Waals surface area contributed by atoms with Crippen molar-refractivity contribution in [2.45, 2.75) is 6.42 Å². The van der Waals surface area contributed by atoms with Gasteiger partial charge in [0, 0.05) is 31.4 Å². The second kappa shape index (κ2) is 5.67. The summed E-state index contributed by atoms with van der Waals surface area (Å²) >= 11 is 5.11. The molecule has 18 heavy (non-hydrogen) atoms. The van der Waals surface area contributed by atoms with Gasteiger partial charge in [-0.15, -0.1) is 0 Å². The Morgan fingerprint density at radius 2 is 2.22 bits per heavy atom. The van der Waals surface area contributed by atoms with Crippen molar-refractivity contribution in [3.05, 3.63) is 29.8 Å². The lowest BCUT2D eigenvalue weighted by Crippen LogP contribution is -2.29. The van der Waals surface area contributed by atoms with Gasteiger partial charge < -0.3 is 15.5 Å². The summed E-state index contributed by atoms with van der Waals surface area (Å²) in [5.74, 6) is 0.736. The summed E-state index contributed by atoms with van der Waals surface area (Å²) in [4.78, 5) is 5.14. The normalized spacial score (nSPS) is 20.0. The number of hydrogen-bond acceptors (Lipinski definition) is 3. The molecule has 0 amide bonds. The van der Waals surface area contributed by atoms with Crippen molar-refractivity contribution >= 4 is 22.9 Å². The first kappa shape index (κ1) is 13.3. The predicted molar refractivity (Wildman–Crippen MR) is 81.2 cm³/mol. The van der Waals surface area contributed by atoms with Gasteiger partial charge in [0.05, 0.1) is 0 Å². The van der Waals surface area contributed by atoms with Crippen molar-refractivity contribution in [1.82, 2.24) is 4.90 Å². The zero-order chi connectivity index (χ0) is 13.1. The zero-order valence-corrected chi connectivity index (χ0v) is 11.9. The minimum atomic E-state index is 0.473. The minimum absolute atomic E-state index is 0.473. The fourth-order valence-electron chi connectivity index (χ4n) is 2.68. The lowest BCUT2D eigenvalue weighted by Gasteiger charge is -2.25. The second-order valence-corrected chi connectivity index (χ2v) is 5.62. The number of nitrogens with zero attached hydrogens (tertiary/aromatic N) is 2. The van der Waals surface area contributed by atoms with Gasteiger partial charge in [0.1, 0.15) is 4.99 Å². The predicted octanol–water partition coefficient (Wildman–Crippen LogP) is 1.71. The number of thiocarbonyl (C=S) groups is 1. The van der Waals surface area contributed by atoms with Crippen LogP contribution in [0.1, 0.15) is 12.0 Å². The molecule has 1 aromatic carbocycles. The van der Waals surface area contributed by atoms with Gasteiger partial charge in [-0.3, -0.25) is 0 Å². The molecule has 0 aromatic heterocycles. The molecule has 2 rings (SSSR count). The summed E-state index contributed by atoms with van der Waals surface area (Å²) in [6, 6.07) is 8.10. The molecule has 1 fully saturated rings. The number of hydrogen-bond donors (Lipinski definition) is 1. The van der Waals surface area contributed by atoms with E-state index < -0.39 is 0 Å². The topological polar surface area (TPSA) is 32.5 Å². The van der Waals surface area contributed by atoms with Crippen LogP contribution < -0.4 is 10.6 Å². The highest BCUT2D eigenvalue weighted by atomic mass is 32.1. The molecule has 0 spiro atoms. The molecule has 4 heteroatoms. The minimum Gasteiger partial charge on any atom is -0.389 e. The largest absolute Gasteiger partial charge is 0.389 e. The van der Waals surface area contributed by atoms with Crippen molar-refractivity contribution < 1.29 is 0 Å². The molecule has 1 aliphatic rings. The van der Waals surface area contributed by atoms with Crippen molar-refractivity contribution in [3.63, 3.8) is 0 Å². The van der Waals surface area contributed by atoms with Gasteiger partial charge in [-0.2, -0.15) is 0 Å². The Morgan fingerprint density at radius 3 is 2.83 bits per heavy atom. The smallest absolute Gasteiger partial charge is 0.106 e. The van der Waals surface area contributed by atoms with Gasteiger partial charge in [0.25, 0.3) is 0 Å². The van der Waals surface area contributed by atoms with Crippen LogP contribution in [0.25, 0.3) is 0 Å². The Morgan fingerprint density at radius 1 is 1.50 bits per heavy atom. The molecule has 0 bridgehead atoms. The molecule has 0 saturated carbocycles. The highest BCUT2D eigenvalue weighted by Crippen LogP contribution is 2.22. The first-order chi connectivity index (χ1) is 8.58. The number of nitrogens with two attached hydrogens (primary N) is 1. The average molecular weight is 263 g/mol. The van der Waals surface area contributed by atoms with E-state index in [1.54, 1.807) is 0 Å². The van der Waals surface area contributed by atoms with Crippen LogP contribution in [0.15, 0.2) is 24.3 Å². The highest BCUT2D eigenvalue weighted by Gasteiger charge is 2.21. The quantitative estimate of drug-likeness (QED) is 0.838. The molecule has 1 saturated heterocycles. The fourth-order valence-corrected chi connectivity index (χ4v) is 2.85. The summed E-state index contributed by atoms with van der Waals surface area (Å²) in [5.41, 5.74) is 7.89. The summed E-state index contributed by atoms with van der Waals surface area (Å²) in [5, 5.41) is 0. The zero-order valence-electron chi connectivity index (χ0n) is 11.1. The van der Waals surface area contributed by atoms with Crippen LogP contribution in [-0.4, -0.2) is 43.6 Å². The van der Waals surface area contributed by atoms with E-state index in [1.165, 1.54) is 19.5 Å². The van der Waals surface area contributed by atoms with Crippen LogP contribution in [0.3, 0.4) is 0 Å². The third-order valence-corrected chi connectivity index (χ3v) is 3.82. The fraction of sp³-hybridized carbons (Fsp3) is 0.500. The Balaban J connectivity index is 2.09. The van der Waals surface area contributed by atoms with Crippen LogP contribution in [0.5, 0.6) is 0 Å². The summed E-state index contributed by atoms with van der Waals surface area (Å²) in [7, 11) is 4.30. The number of likely N-dealkylation sites (tertiary alicyclic amines) is 1. The Bertz CT molecular complexity index is 433. The number of rotatable bonds is 4. The maximum atomic E-state index is 5.78. The summed E-state index contributed by atoms with van der Waals surface area (Å²) < 4.78 is 0. The molecule has 1 atom stereocenters. The van der Waals surface area contributed by atoms with E-state index in [0.717, 1.165) is 23.7 Å². The number of para-hydroxylation sites is 1. The van der Waals surface area contributed by atoms with E-state index in [0.29, 0.717) is 4.99 Å². The molecule has 1 unspecified atom stereocenters. The van der Waals surface area contributed by atoms with Crippen LogP contribution in [0.4, 0.5) is 5.69 Å².